The maximum Gasteiger partial charge on any atom is 0.257 e. The van der Waals surface area contributed by atoms with Crippen LogP contribution in [0.4, 0.5) is 5.13 Å². The zero-order chi connectivity index (χ0) is 16.9. The highest BCUT2D eigenvalue weighted by atomic mass is 32.1. The maximum atomic E-state index is 12.2. The summed E-state index contributed by atoms with van der Waals surface area (Å²) in [6.07, 6.45) is 3.18. The Kier molecular flexibility index (Phi) is 4.86. The Morgan fingerprint density at radius 3 is 2.54 bits per heavy atom. The molecule has 0 fully saturated rings. The van der Waals surface area contributed by atoms with Crippen molar-refractivity contribution in [3.8, 4) is 17.0 Å². The zero-order valence-electron chi connectivity index (χ0n) is 13.4. The molecule has 2 aromatic heterocycles. The third-order valence-corrected chi connectivity index (χ3v) is 4.28. The molecule has 122 valence electrons. The number of carbonyl (C=O) groups is 1. The molecule has 0 spiro atoms. The first-order valence-corrected chi connectivity index (χ1v) is 8.41. The standard InChI is InChI=1S/C18H17N3O2S/c1-3-23-15-6-4-13(5-7-15)16-12(2)24-18(20-16)21-17(22)14-8-10-19-11-9-14/h4-11H,3H2,1-2H3,(H,20,21,22). The molecule has 0 radical (unpaired) electrons. The molecule has 1 amide bonds. The number of ether oxygens (including phenoxy) is 1. The molecule has 1 aromatic carbocycles. The Balaban J connectivity index is 1.78. The SMILES string of the molecule is CCOc1ccc(-c2nc(NC(=O)c3ccncc3)sc2C)cc1. The normalized spacial score (nSPS) is 10.4. The number of thiazole rings is 1. The van der Waals surface area contributed by atoms with E-state index in [1.54, 1.807) is 24.5 Å². The number of nitrogens with zero attached hydrogens (tertiary/aromatic N) is 2. The fourth-order valence-electron chi connectivity index (χ4n) is 2.27. The molecule has 1 N–H and O–H groups in total. The minimum Gasteiger partial charge on any atom is -0.494 e. The fourth-order valence-corrected chi connectivity index (χ4v) is 3.10. The van der Waals surface area contributed by atoms with Gasteiger partial charge < -0.3 is 4.74 Å². The Labute approximate surface area is 144 Å². The third-order valence-electron chi connectivity index (χ3n) is 3.40. The van der Waals surface area contributed by atoms with Gasteiger partial charge in [0.1, 0.15) is 5.75 Å². The smallest absolute Gasteiger partial charge is 0.257 e. The van der Waals surface area contributed by atoms with Gasteiger partial charge in [-0.2, -0.15) is 0 Å². The molecule has 0 aliphatic rings. The van der Waals surface area contributed by atoms with Crippen molar-refractivity contribution in [3.05, 3.63) is 59.2 Å². The van der Waals surface area contributed by atoms with E-state index in [1.807, 2.05) is 38.1 Å². The summed E-state index contributed by atoms with van der Waals surface area (Å²) in [7, 11) is 0. The van der Waals surface area contributed by atoms with Gasteiger partial charge in [0.05, 0.1) is 12.3 Å². The topological polar surface area (TPSA) is 64.1 Å². The number of amides is 1. The van der Waals surface area contributed by atoms with Crippen molar-refractivity contribution in [1.82, 2.24) is 9.97 Å². The van der Waals surface area contributed by atoms with E-state index in [4.69, 9.17) is 4.74 Å². The summed E-state index contributed by atoms with van der Waals surface area (Å²) >= 11 is 1.46. The van der Waals surface area contributed by atoms with E-state index < -0.39 is 0 Å². The number of hydrogen-bond acceptors (Lipinski definition) is 5. The van der Waals surface area contributed by atoms with E-state index in [0.717, 1.165) is 21.9 Å². The molecule has 0 aliphatic carbocycles. The van der Waals surface area contributed by atoms with Gasteiger partial charge in [-0.05, 0) is 50.2 Å². The van der Waals surface area contributed by atoms with E-state index >= 15 is 0 Å². The van der Waals surface area contributed by atoms with E-state index in [0.29, 0.717) is 17.3 Å². The van der Waals surface area contributed by atoms with Gasteiger partial charge in [0.15, 0.2) is 5.13 Å². The first-order valence-electron chi connectivity index (χ1n) is 7.59. The highest BCUT2D eigenvalue weighted by Gasteiger charge is 2.13. The number of carbonyl (C=O) groups excluding carboxylic acids is 1. The van der Waals surface area contributed by atoms with Crippen LogP contribution in [-0.2, 0) is 0 Å². The van der Waals surface area contributed by atoms with Crippen molar-refractivity contribution in [1.29, 1.82) is 0 Å². The number of benzene rings is 1. The van der Waals surface area contributed by atoms with Crippen LogP contribution in [0.2, 0.25) is 0 Å². The maximum absolute atomic E-state index is 12.2. The third kappa shape index (κ3) is 3.60. The van der Waals surface area contributed by atoms with Crippen molar-refractivity contribution < 1.29 is 9.53 Å². The summed E-state index contributed by atoms with van der Waals surface area (Å²) in [4.78, 5) is 21.7. The lowest BCUT2D eigenvalue weighted by molar-refractivity contribution is 0.102. The number of pyridine rings is 1. The molecule has 24 heavy (non-hydrogen) atoms. The molecule has 2 heterocycles. The minimum atomic E-state index is -0.190. The molecule has 0 saturated carbocycles. The van der Waals surface area contributed by atoms with E-state index in [1.165, 1.54) is 11.3 Å². The molecule has 0 bridgehead atoms. The predicted molar refractivity (Wildman–Crippen MR) is 95.6 cm³/mol. The van der Waals surface area contributed by atoms with Crippen molar-refractivity contribution in [2.45, 2.75) is 13.8 Å². The van der Waals surface area contributed by atoms with Crippen LogP contribution in [0.15, 0.2) is 48.8 Å². The quantitative estimate of drug-likeness (QED) is 0.758. The molecule has 0 aliphatic heterocycles. The van der Waals surface area contributed by atoms with Crippen LogP contribution in [0.3, 0.4) is 0 Å². The summed E-state index contributed by atoms with van der Waals surface area (Å²) in [5.41, 5.74) is 2.42. The largest absolute Gasteiger partial charge is 0.494 e. The number of aromatic nitrogens is 2. The molecular formula is C18H17N3O2S. The predicted octanol–water partition coefficient (Wildman–Crippen LogP) is 4.16. The van der Waals surface area contributed by atoms with Crippen LogP contribution >= 0.6 is 11.3 Å². The molecule has 0 saturated heterocycles. The van der Waals surface area contributed by atoms with Gasteiger partial charge in [-0.15, -0.1) is 11.3 Å². The summed E-state index contributed by atoms with van der Waals surface area (Å²) in [6.45, 7) is 4.59. The van der Waals surface area contributed by atoms with Gasteiger partial charge in [0.2, 0.25) is 0 Å². The second kappa shape index (κ2) is 7.23. The number of aryl methyl sites for hydroxylation is 1. The van der Waals surface area contributed by atoms with Gasteiger partial charge in [0, 0.05) is 28.4 Å². The first kappa shape index (κ1) is 16.1. The van der Waals surface area contributed by atoms with Crippen molar-refractivity contribution >= 4 is 22.4 Å². The van der Waals surface area contributed by atoms with E-state index in [9.17, 15) is 4.79 Å². The van der Waals surface area contributed by atoms with E-state index in [2.05, 4.69) is 15.3 Å². The highest BCUT2D eigenvalue weighted by Crippen LogP contribution is 2.31. The van der Waals surface area contributed by atoms with Gasteiger partial charge in [-0.3, -0.25) is 15.1 Å². The summed E-state index contributed by atoms with van der Waals surface area (Å²) in [5, 5.41) is 3.42. The van der Waals surface area contributed by atoms with Crippen molar-refractivity contribution in [2.24, 2.45) is 0 Å². The molecule has 3 aromatic rings. The van der Waals surface area contributed by atoms with E-state index in [-0.39, 0.29) is 5.91 Å². The summed E-state index contributed by atoms with van der Waals surface area (Å²) < 4.78 is 5.45. The zero-order valence-corrected chi connectivity index (χ0v) is 14.3. The summed E-state index contributed by atoms with van der Waals surface area (Å²) in [6, 6.07) is 11.1. The lowest BCUT2D eigenvalue weighted by Gasteiger charge is -2.04. The minimum absolute atomic E-state index is 0.190. The fraction of sp³-hybridized carbons (Fsp3) is 0.167. The van der Waals surface area contributed by atoms with Crippen LogP contribution in [0.5, 0.6) is 5.75 Å². The lowest BCUT2D eigenvalue weighted by atomic mass is 10.1. The average Bonchev–Trinajstić information content (AvgIpc) is 2.97. The molecule has 5 nitrogen and oxygen atoms in total. The number of nitrogens with one attached hydrogen (secondary N) is 1. The molecule has 3 rings (SSSR count). The summed E-state index contributed by atoms with van der Waals surface area (Å²) in [5.74, 6) is 0.643. The number of rotatable bonds is 5. The van der Waals surface area contributed by atoms with Crippen molar-refractivity contribution in [3.63, 3.8) is 0 Å². The van der Waals surface area contributed by atoms with Crippen LogP contribution in [0.25, 0.3) is 11.3 Å². The highest BCUT2D eigenvalue weighted by molar-refractivity contribution is 7.16. The monoisotopic (exact) mass is 339 g/mol. The van der Waals surface area contributed by atoms with Gasteiger partial charge in [-0.1, -0.05) is 0 Å². The average molecular weight is 339 g/mol. The van der Waals surface area contributed by atoms with Gasteiger partial charge >= 0.3 is 0 Å². The Morgan fingerprint density at radius 1 is 1.17 bits per heavy atom. The Hall–Kier alpha value is -2.73. The molecule has 6 heteroatoms. The van der Waals surface area contributed by atoms with Gasteiger partial charge in [-0.25, -0.2) is 4.98 Å². The number of hydrogen-bond donors (Lipinski definition) is 1. The Bertz CT molecular complexity index is 829. The van der Waals surface area contributed by atoms with Gasteiger partial charge in [0.25, 0.3) is 5.91 Å². The van der Waals surface area contributed by atoms with Crippen LogP contribution < -0.4 is 10.1 Å². The Morgan fingerprint density at radius 2 is 1.88 bits per heavy atom. The van der Waals surface area contributed by atoms with Crippen LogP contribution in [-0.4, -0.2) is 22.5 Å². The van der Waals surface area contributed by atoms with Crippen LogP contribution in [0, 0.1) is 6.92 Å². The van der Waals surface area contributed by atoms with Crippen LogP contribution in [0.1, 0.15) is 22.2 Å². The number of anilines is 1. The first-order chi connectivity index (χ1) is 11.7. The molecule has 0 unspecified atom stereocenters. The second-order valence-electron chi connectivity index (χ2n) is 5.07. The lowest BCUT2D eigenvalue weighted by Crippen LogP contribution is -2.11. The molecular weight excluding hydrogens is 322 g/mol. The van der Waals surface area contributed by atoms with Crippen molar-refractivity contribution in [2.75, 3.05) is 11.9 Å². The molecule has 0 atom stereocenters. The second-order valence-corrected chi connectivity index (χ2v) is 6.27.